The number of hydrogen-bond donors (Lipinski definition) is 1. The maximum atomic E-state index is 13.0. The molecular formula is C25H30N2O2. The molecule has 0 spiro atoms. The lowest BCUT2D eigenvalue weighted by Crippen LogP contribution is -2.36. The molecule has 1 atom stereocenters. The van der Waals surface area contributed by atoms with Crippen LogP contribution in [0.1, 0.15) is 55.6 Å². The van der Waals surface area contributed by atoms with Gasteiger partial charge in [0.05, 0.1) is 7.11 Å². The van der Waals surface area contributed by atoms with Gasteiger partial charge >= 0.3 is 0 Å². The molecule has 1 amide bonds. The van der Waals surface area contributed by atoms with Crippen molar-refractivity contribution in [3.8, 4) is 5.75 Å². The summed E-state index contributed by atoms with van der Waals surface area (Å²) in [5.74, 6) is 0.985. The first-order chi connectivity index (χ1) is 14.2. The van der Waals surface area contributed by atoms with Crippen LogP contribution in [0.3, 0.4) is 0 Å². The lowest BCUT2D eigenvalue weighted by atomic mass is 9.87. The van der Waals surface area contributed by atoms with E-state index >= 15 is 0 Å². The Kier molecular flexibility index (Phi) is 5.89. The van der Waals surface area contributed by atoms with Gasteiger partial charge in [0.25, 0.3) is 0 Å². The summed E-state index contributed by atoms with van der Waals surface area (Å²) in [5.41, 5.74) is 3.53. The number of aryl methyl sites for hydroxylation is 1. The number of methoxy groups -OCH3 is 1. The summed E-state index contributed by atoms with van der Waals surface area (Å²) in [6.45, 7) is 0. The highest BCUT2D eigenvalue weighted by molar-refractivity contribution is 5.86. The topological polar surface area (TPSA) is 43.3 Å². The average Bonchev–Trinajstić information content (AvgIpc) is 3.09. The minimum atomic E-state index is 0.00981. The molecule has 2 aromatic carbocycles. The van der Waals surface area contributed by atoms with Gasteiger partial charge in [-0.2, -0.15) is 0 Å². The molecule has 4 nitrogen and oxygen atoms in total. The highest BCUT2D eigenvalue weighted by Gasteiger charge is 2.24. The van der Waals surface area contributed by atoms with Gasteiger partial charge in [0.2, 0.25) is 5.91 Å². The van der Waals surface area contributed by atoms with Gasteiger partial charge in [-0.05, 0) is 42.2 Å². The fourth-order valence-electron chi connectivity index (χ4n) is 4.61. The van der Waals surface area contributed by atoms with Crippen molar-refractivity contribution in [3.05, 3.63) is 65.9 Å². The standard InChI is InChI=1S/C25H30N2O2/c1-27-17-23(21-10-6-7-11-24(21)27)22(18-12-14-20(29-2)15-13-18)16-25(28)26-19-8-4-3-5-9-19/h6-7,10-15,17,19,22H,3-5,8-9,16H2,1-2H3,(H,26,28). The third kappa shape index (κ3) is 4.31. The van der Waals surface area contributed by atoms with E-state index in [1.807, 2.05) is 12.1 Å². The van der Waals surface area contributed by atoms with Crippen molar-refractivity contribution >= 4 is 16.8 Å². The molecule has 1 aliphatic carbocycles. The Morgan fingerprint density at radius 2 is 1.83 bits per heavy atom. The Morgan fingerprint density at radius 1 is 1.10 bits per heavy atom. The molecule has 1 aliphatic rings. The van der Waals surface area contributed by atoms with Crippen LogP contribution in [0.5, 0.6) is 5.75 Å². The van der Waals surface area contributed by atoms with E-state index in [0.29, 0.717) is 12.5 Å². The molecule has 4 rings (SSSR count). The molecule has 1 saturated carbocycles. The number of aromatic nitrogens is 1. The highest BCUT2D eigenvalue weighted by atomic mass is 16.5. The van der Waals surface area contributed by atoms with Gasteiger partial charge in [0, 0.05) is 42.5 Å². The number of amides is 1. The SMILES string of the molecule is COc1ccc(C(CC(=O)NC2CCCCC2)c2cn(C)c3ccccc23)cc1. The largest absolute Gasteiger partial charge is 0.497 e. The van der Waals surface area contributed by atoms with E-state index in [-0.39, 0.29) is 11.8 Å². The first-order valence-electron chi connectivity index (χ1n) is 10.6. The zero-order valence-corrected chi connectivity index (χ0v) is 17.4. The predicted molar refractivity (Wildman–Crippen MR) is 117 cm³/mol. The number of benzene rings is 2. The fraction of sp³-hybridized carbons (Fsp3) is 0.400. The van der Waals surface area contributed by atoms with Crippen molar-refractivity contribution in [2.45, 2.75) is 50.5 Å². The summed E-state index contributed by atoms with van der Waals surface area (Å²) in [6, 6.07) is 16.9. The smallest absolute Gasteiger partial charge is 0.221 e. The molecule has 1 fully saturated rings. The Balaban J connectivity index is 1.65. The zero-order chi connectivity index (χ0) is 20.2. The molecule has 29 heavy (non-hydrogen) atoms. The minimum absolute atomic E-state index is 0.00981. The highest BCUT2D eigenvalue weighted by Crippen LogP contribution is 2.35. The van der Waals surface area contributed by atoms with Crippen molar-refractivity contribution in [3.63, 3.8) is 0 Å². The van der Waals surface area contributed by atoms with E-state index in [2.05, 4.69) is 59.5 Å². The number of ether oxygens (including phenoxy) is 1. The third-order valence-electron chi connectivity index (χ3n) is 6.18. The van der Waals surface area contributed by atoms with Gasteiger partial charge in [0.15, 0.2) is 0 Å². The van der Waals surface area contributed by atoms with Gasteiger partial charge in [-0.25, -0.2) is 0 Å². The van der Waals surface area contributed by atoms with Crippen LogP contribution in [0.25, 0.3) is 10.9 Å². The van der Waals surface area contributed by atoms with Crippen LogP contribution in [0.2, 0.25) is 0 Å². The summed E-state index contributed by atoms with van der Waals surface area (Å²) < 4.78 is 7.48. The van der Waals surface area contributed by atoms with Crippen LogP contribution < -0.4 is 10.1 Å². The van der Waals surface area contributed by atoms with E-state index in [0.717, 1.165) is 24.2 Å². The van der Waals surface area contributed by atoms with E-state index in [9.17, 15) is 4.79 Å². The first kappa shape index (κ1) is 19.6. The molecule has 0 saturated heterocycles. The monoisotopic (exact) mass is 390 g/mol. The quantitative estimate of drug-likeness (QED) is 0.632. The van der Waals surface area contributed by atoms with Crippen LogP contribution in [0.15, 0.2) is 54.7 Å². The molecule has 1 unspecified atom stereocenters. The van der Waals surface area contributed by atoms with Crippen LogP contribution in [0, 0.1) is 0 Å². The van der Waals surface area contributed by atoms with Gasteiger partial charge in [0.1, 0.15) is 5.75 Å². The van der Waals surface area contributed by atoms with Crippen LogP contribution >= 0.6 is 0 Å². The number of rotatable bonds is 6. The number of carbonyl (C=O) groups is 1. The molecule has 1 aromatic heterocycles. The zero-order valence-electron chi connectivity index (χ0n) is 17.4. The molecular weight excluding hydrogens is 360 g/mol. The van der Waals surface area contributed by atoms with Crippen molar-refractivity contribution in [1.82, 2.24) is 9.88 Å². The van der Waals surface area contributed by atoms with Gasteiger partial charge in [-0.1, -0.05) is 49.6 Å². The number of fused-ring (bicyclic) bond motifs is 1. The maximum Gasteiger partial charge on any atom is 0.221 e. The normalized spacial score (nSPS) is 15.9. The molecule has 0 aliphatic heterocycles. The number of carbonyl (C=O) groups excluding carboxylic acids is 1. The van der Waals surface area contributed by atoms with E-state index in [1.54, 1.807) is 7.11 Å². The number of nitrogens with one attached hydrogen (secondary N) is 1. The summed E-state index contributed by atoms with van der Waals surface area (Å²) in [4.78, 5) is 13.0. The summed E-state index contributed by atoms with van der Waals surface area (Å²) in [6.07, 6.45) is 8.56. The second kappa shape index (κ2) is 8.73. The molecule has 3 aromatic rings. The van der Waals surface area contributed by atoms with Crippen LogP contribution in [0.4, 0.5) is 0 Å². The number of hydrogen-bond acceptors (Lipinski definition) is 2. The van der Waals surface area contributed by atoms with E-state index in [1.165, 1.54) is 35.7 Å². The molecule has 4 heteroatoms. The third-order valence-corrected chi connectivity index (χ3v) is 6.18. The van der Waals surface area contributed by atoms with E-state index in [4.69, 9.17) is 4.74 Å². The first-order valence-corrected chi connectivity index (χ1v) is 10.6. The van der Waals surface area contributed by atoms with Crippen molar-refractivity contribution in [2.75, 3.05) is 7.11 Å². The minimum Gasteiger partial charge on any atom is -0.497 e. The Labute approximate surface area is 172 Å². The fourth-order valence-corrected chi connectivity index (χ4v) is 4.61. The summed E-state index contributed by atoms with van der Waals surface area (Å²) in [5, 5.41) is 4.51. The van der Waals surface area contributed by atoms with Gasteiger partial charge < -0.3 is 14.6 Å². The molecule has 0 bridgehead atoms. The van der Waals surface area contributed by atoms with Crippen molar-refractivity contribution in [2.24, 2.45) is 7.05 Å². The second-order valence-electron chi connectivity index (χ2n) is 8.14. The molecule has 152 valence electrons. The number of para-hydroxylation sites is 1. The lowest BCUT2D eigenvalue weighted by molar-refractivity contribution is -0.122. The van der Waals surface area contributed by atoms with Crippen LogP contribution in [-0.2, 0) is 11.8 Å². The molecule has 1 N–H and O–H groups in total. The lowest BCUT2D eigenvalue weighted by Gasteiger charge is -2.24. The van der Waals surface area contributed by atoms with Crippen molar-refractivity contribution in [1.29, 1.82) is 0 Å². The Hall–Kier alpha value is -2.75. The Bertz CT molecular complexity index is 968. The van der Waals surface area contributed by atoms with Gasteiger partial charge in [-0.15, -0.1) is 0 Å². The predicted octanol–water partition coefficient (Wildman–Crippen LogP) is 5.16. The average molecular weight is 391 g/mol. The molecule has 0 radical (unpaired) electrons. The molecule has 1 heterocycles. The van der Waals surface area contributed by atoms with E-state index < -0.39 is 0 Å². The van der Waals surface area contributed by atoms with Crippen molar-refractivity contribution < 1.29 is 9.53 Å². The van der Waals surface area contributed by atoms with Crippen LogP contribution in [-0.4, -0.2) is 23.6 Å². The summed E-state index contributed by atoms with van der Waals surface area (Å²) >= 11 is 0. The maximum absolute atomic E-state index is 13.0. The Morgan fingerprint density at radius 3 is 2.55 bits per heavy atom. The second-order valence-corrected chi connectivity index (χ2v) is 8.14. The van der Waals surface area contributed by atoms with Gasteiger partial charge in [-0.3, -0.25) is 4.79 Å². The number of nitrogens with zero attached hydrogens (tertiary/aromatic N) is 1. The summed E-state index contributed by atoms with van der Waals surface area (Å²) in [7, 11) is 3.74.